The largest absolute Gasteiger partial charge is 0.368 e. The summed E-state index contributed by atoms with van der Waals surface area (Å²) in [5, 5.41) is 10.7. The highest BCUT2D eigenvalue weighted by Crippen LogP contribution is 2.26. The summed E-state index contributed by atoms with van der Waals surface area (Å²) in [6, 6.07) is 6.65. The number of hydrogen-bond donors (Lipinski definition) is 0. The lowest BCUT2D eigenvalue weighted by molar-refractivity contribution is -0.384. The van der Waals surface area contributed by atoms with Crippen molar-refractivity contribution in [3.05, 3.63) is 34.4 Å². The van der Waals surface area contributed by atoms with Crippen molar-refractivity contribution in [2.45, 2.75) is 32.1 Å². The molecule has 1 aliphatic carbocycles. The van der Waals surface area contributed by atoms with Gasteiger partial charge in [0, 0.05) is 49.9 Å². The number of nitrogens with zero attached hydrogens (tertiary/aromatic N) is 3. The highest BCUT2D eigenvalue weighted by Gasteiger charge is 2.28. The first kappa shape index (κ1) is 15.8. The van der Waals surface area contributed by atoms with Crippen LogP contribution in [0.15, 0.2) is 24.3 Å². The number of anilines is 1. The van der Waals surface area contributed by atoms with Crippen molar-refractivity contribution in [3.63, 3.8) is 0 Å². The summed E-state index contributed by atoms with van der Waals surface area (Å²) in [6.07, 6.45) is 5.71. The van der Waals surface area contributed by atoms with Crippen molar-refractivity contribution >= 4 is 17.3 Å². The lowest BCUT2D eigenvalue weighted by Crippen LogP contribution is -2.50. The zero-order valence-electron chi connectivity index (χ0n) is 13.3. The van der Waals surface area contributed by atoms with E-state index in [0.29, 0.717) is 5.91 Å². The van der Waals surface area contributed by atoms with Crippen LogP contribution >= 0.6 is 0 Å². The third-order valence-electron chi connectivity index (χ3n) is 4.97. The average molecular weight is 317 g/mol. The van der Waals surface area contributed by atoms with Crippen molar-refractivity contribution in [2.24, 2.45) is 5.92 Å². The highest BCUT2D eigenvalue weighted by atomic mass is 16.6. The van der Waals surface area contributed by atoms with E-state index >= 15 is 0 Å². The first-order valence-electron chi connectivity index (χ1n) is 8.43. The van der Waals surface area contributed by atoms with E-state index in [-0.39, 0.29) is 16.5 Å². The standard InChI is InChI=1S/C17H23N3O3/c21-17(14-4-2-1-3-5-14)19-12-10-18(11-13-19)15-6-8-16(9-7-15)20(22)23/h6-9,14H,1-5,10-13H2. The van der Waals surface area contributed by atoms with Gasteiger partial charge < -0.3 is 9.80 Å². The lowest BCUT2D eigenvalue weighted by Gasteiger charge is -2.38. The molecule has 2 fully saturated rings. The van der Waals surface area contributed by atoms with E-state index in [1.165, 1.54) is 31.4 Å². The molecule has 0 atom stereocenters. The van der Waals surface area contributed by atoms with E-state index in [2.05, 4.69) is 4.90 Å². The molecular formula is C17H23N3O3. The van der Waals surface area contributed by atoms with Crippen LogP contribution in [-0.4, -0.2) is 41.9 Å². The monoisotopic (exact) mass is 317 g/mol. The van der Waals surface area contributed by atoms with Gasteiger partial charge in [-0.15, -0.1) is 0 Å². The molecular weight excluding hydrogens is 294 g/mol. The maximum atomic E-state index is 12.5. The molecule has 0 aromatic heterocycles. The predicted octanol–water partition coefficient (Wildman–Crippen LogP) is 2.82. The second-order valence-electron chi connectivity index (χ2n) is 6.42. The average Bonchev–Trinajstić information content (AvgIpc) is 2.62. The summed E-state index contributed by atoms with van der Waals surface area (Å²) >= 11 is 0. The van der Waals surface area contributed by atoms with Gasteiger partial charge in [-0.05, 0) is 25.0 Å². The van der Waals surface area contributed by atoms with Crippen molar-refractivity contribution in [1.29, 1.82) is 0 Å². The molecule has 6 nitrogen and oxygen atoms in total. The number of amides is 1. The zero-order chi connectivity index (χ0) is 16.2. The number of nitro benzene ring substituents is 1. The van der Waals surface area contributed by atoms with E-state index in [4.69, 9.17) is 0 Å². The van der Waals surface area contributed by atoms with Crippen molar-refractivity contribution in [1.82, 2.24) is 4.90 Å². The molecule has 0 spiro atoms. The third-order valence-corrected chi connectivity index (χ3v) is 4.97. The second kappa shape index (κ2) is 6.98. The Morgan fingerprint density at radius 1 is 1.00 bits per heavy atom. The fraction of sp³-hybridized carbons (Fsp3) is 0.588. The molecule has 0 N–H and O–H groups in total. The third kappa shape index (κ3) is 3.63. The number of non-ortho nitro benzene ring substituents is 1. The zero-order valence-corrected chi connectivity index (χ0v) is 13.3. The van der Waals surface area contributed by atoms with Gasteiger partial charge >= 0.3 is 0 Å². The van der Waals surface area contributed by atoms with Crippen molar-refractivity contribution in [3.8, 4) is 0 Å². The highest BCUT2D eigenvalue weighted by molar-refractivity contribution is 5.79. The first-order chi connectivity index (χ1) is 11.1. The Morgan fingerprint density at radius 2 is 1.61 bits per heavy atom. The molecule has 0 unspecified atom stereocenters. The molecule has 1 aromatic carbocycles. The summed E-state index contributed by atoms with van der Waals surface area (Å²) in [5.41, 5.74) is 1.10. The van der Waals surface area contributed by atoms with Crippen LogP contribution in [0.25, 0.3) is 0 Å². The van der Waals surface area contributed by atoms with Crippen LogP contribution in [0.1, 0.15) is 32.1 Å². The van der Waals surface area contributed by atoms with Crippen LogP contribution in [0.3, 0.4) is 0 Å². The molecule has 0 bridgehead atoms. The van der Waals surface area contributed by atoms with Gasteiger partial charge in [-0.1, -0.05) is 19.3 Å². The van der Waals surface area contributed by atoms with Crippen LogP contribution in [0.4, 0.5) is 11.4 Å². The molecule has 1 saturated carbocycles. The molecule has 1 aliphatic heterocycles. The number of piperazine rings is 1. The predicted molar refractivity (Wildman–Crippen MR) is 88.5 cm³/mol. The minimum absolute atomic E-state index is 0.111. The Bertz CT molecular complexity index is 559. The van der Waals surface area contributed by atoms with Crippen molar-refractivity contribution < 1.29 is 9.72 Å². The van der Waals surface area contributed by atoms with Gasteiger partial charge in [0.25, 0.3) is 5.69 Å². The van der Waals surface area contributed by atoms with Crippen molar-refractivity contribution in [2.75, 3.05) is 31.1 Å². The van der Waals surface area contributed by atoms with Gasteiger partial charge in [-0.2, -0.15) is 0 Å². The summed E-state index contributed by atoms with van der Waals surface area (Å²) in [4.78, 5) is 27.1. The van der Waals surface area contributed by atoms with Crippen LogP contribution in [-0.2, 0) is 4.79 Å². The first-order valence-corrected chi connectivity index (χ1v) is 8.43. The molecule has 2 aliphatic rings. The van der Waals surface area contributed by atoms with E-state index in [0.717, 1.165) is 44.7 Å². The summed E-state index contributed by atoms with van der Waals surface area (Å²) in [7, 11) is 0. The lowest BCUT2D eigenvalue weighted by atomic mass is 9.88. The molecule has 0 radical (unpaired) electrons. The Labute approximate surface area is 136 Å². The molecule has 1 heterocycles. The fourth-order valence-corrected chi connectivity index (χ4v) is 3.58. The normalized spacial score (nSPS) is 19.7. The van der Waals surface area contributed by atoms with Gasteiger partial charge in [-0.3, -0.25) is 14.9 Å². The van der Waals surface area contributed by atoms with E-state index in [1.807, 2.05) is 4.90 Å². The maximum absolute atomic E-state index is 12.5. The van der Waals surface area contributed by atoms with Gasteiger partial charge in [0.2, 0.25) is 5.91 Å². The number of rotatable bonds is 3. The summed E-state index contributed by atoms with van der Waals surface area (Å²) in [5.74, 6) is 0.558. The summed E-state index contributed by atoms with van der Waals surface area (Å²) in [6.45, 7) is 3.06. The van der Waals surface area contributed by atoms with Crippen LogP contribution < -0.4 is 4.90 Å². The van der Waals surface area contributed by atoms with Crippen LogP contribution in [0, 0.1) is 16.0 Å². The molecule has 1 saturated heterocycles. The Hall–Kier alpha value is -2.11. The van der Waals surface area contributed by atoms with Crippen LogP contribution in [0.5, 0.6) is 0 Å². The maximum Gasteiger partial charge on any atom is 0.269 e. The fourth-order valence-electron chi connectivity index (χ4n) is 3.58. The van der Waals surface area contributed by atoms with E-state index in [9.17, 15) is 14.9 Å². The number of hydrogen-bond acceptors (Lipinski definition) is 4. The van der Waals surface area contributed by atoms with E-state index in [1.54, 1.807) is 12.1 Å². The Balaban J connectivity index is 1.55. The van der Waals surface area contributed by atoms with Gasteiger partial charge in [-0.25, -0.2) is 0 Å². The topological polar surface area (TPSA) is 66.7 Å². The number of nitro groups is 1. The molecule has 23 heavy (non-hydrogen) atoms. The van der Waals surface area contributed by atoms with Gasteiger partial charge in [0.15, 0.2) is 0 Å². The number of benzene rings is 1. The minimum Gasteiger partial charge on any atom is -0.368 e. The number of carbonyl (C=O) groups excluding carboxylic acids is 1. The second-order valence-corrected chi connectivity index (χ2v) is 6.42. The quantitative estimate of drug-likeness (QED) is 0.635. The minimum atomic E-state index is -0.384. The molecule has 124 valence electrons. The van der Waals surface area contributed by atoms with Gasteiger partial charge in [0.1, 0.15) is 0 Å². The molecule has 6 heteroatoms. The molecule has 3 rings (SSSR count). The Kier molecular flexibility index (Phi) is 4.79. The molecule has 1 amide bonds. The van der Waals surface area contributed by atoms with Crippen LogP contribution in [0.2, 0.25) is 0 Å². The molecule has 1 aromatic rings. The van der Waals surface area contributed by atoms with E-state index < -0.39 is 0 Å². The smallest absolute Gasteiger partial charge is 0.269 e. The van der Waals surface area contributed by atoms with Gasteiger partial charge in [0.05, 0.1) is 4.92 Å². The SMILES string of the molecule is O=C(C1CCCCC1)N1CCN(c2ccc([N+](=O)[O-])cc2)CC1. The summed E-state index contributed by atoms with van der Waals surface area (Å²) < 4.78 is 0. The number of carbonyl (C=O) groups is 1. The Morgan fingerprint density at radius 3 is 2.17 bits per heavy atom.